The van der Waals surface area contributed by atoms with Crippen molar-refractivity contribution in [1.29, 1.82) is 0 Å². The number of aromatic nitrogens is 5. The summed E-state index contributed by atoms with van der Waals surface area (Å²) in [5.41, 5.74) is 2.78. The zero-order valence-electron chi connectivity index (χ0n) is 16.5. The Morgan fingerprint density at radius 3 is 2.50 bits per heavy atom. The van der Waals surface area contributed by atoms with Gasteiger partial charge in [0.15, 0.2) is 11.3 Å². The van der Waals surface area contributed by atoms with E-state index in [1.807, 2.05) is 26.1 Å². The molecule has 0 amide bonds. The molecule has 2 atom stereocenters. The van der Waals surface area contributed by atoms with E-state index >= 15 is 0 Å². The van der Waals surface area contributed by atoms with Crippen molar-refractivity contribution in [3.63, 3.8) is 0 Å². The fourth-order valence-corrected chi connectivity index (χ4v) is 3.31. The van der Waals surface area contributed by atoms with Gasteiger partial charge in [0.05, 0.1) is 11.7 Å². The summed E-state index contributed by atoms with van der Waals surface area (Å²) in [5, 5.41) is 12.0. The van der Waals surface area contributed by atoms with E-state index in [2.05, 4.69) is 43.4 Å². The third kappa shape index (κ3) is 5.12. The molecular weight excluding hydrogens is 356 g/mol. The van der Waals surface area contributed by atoms with Gasteiger partial charge in [-0.15, -0.1) is 10.2 Å². The first-order valence-corrected chi connectivity index (χ1v) is 9.45. The number of H-pyrrole nitrogens is 1. The highest BCUT2D eigenvalue weighted by Gasteiger charge is 2.28. The molecular formula is C20H28N6O2. The van der Waals surface area contributed by atoms with Gasteiger partial charge in [-0.2, -0.15) is 0 Å². The van der Waals surface area contributed by atoms with Gasteiger partial charge in [0.1, 0.15) is 18.6 Å². The van der Waals surface area contributed by atoms with Crippen LogP contribution in [0.2, 0.25) is 0 Å². The highest BCUT2D eigenvalue weighted by Crippen LogP contribution is 2.34. The number of fused-ring (bicyclic) bond motifs is 3. The molecule has 5 rings (SSSR count). The lowest BCUT2D eigenvalue weighted by Gasteiger charge is -2.09. The third-order valence-corrected chi connectivity index (χ3v) is 5.04. The molecule has 3 aromatic rings. The van der Waals surface area contributed by atoms with Crippen molar-refractivity contribution < 1.29 is 9.59 Å². The van der Waals surface area contributed by atoms with E-state index in [4.69, 9.17) is 9.59 Å². The molecule has 0 saturated heterocycles. The van der Waals surface area contributed by atoms with Crippen molar-refractivity contribution in [2.75, 3.05) is 7.05 Å². The molecule has 2 saturated carbocycles. The van der Waals surface area contributed by atoms with Gasteiger partial charge in [-0.1, -0.05) is 19.8 Å². The van der Waals surface area contributed by atoms with E-state index in [9.17, 15) is 0 Å². The molecule has 2 aliphatic rings. The van der Waals surface area contributed by atoms with Crippen LogP contribution in [0.1, 0.15) is 50.8 Å². The normalized spacial score (nSPS) is 20.2. The minimum absolute atomic E-state index is 0.480. The van der Waals surface area contributed by atoms with E-state index in [0.29, 0.717) is 12.0 Å². The van der Waals surface area contributed by atoms with Gasteiger partial charge >= 0.3 is 0 Å². The second kappa shape index (κ2) is 10.5. The average molecular weight is 384 g/mol. The average Bonchev–Trinajstić information content (AvgIpc) is 3.17. The smallest absolute Gasteiger partial charge is 0.179 e. The first-order chi connectivity index (χ1) is 13.7. The van der Waals surface area contributed by atoms with E-state index in [0.717, 1.165) is 35.0 Å². The summed E-state index contributed by atoms with van der Waals surface area (Å²) < 4.78 is 2.14. The van der Waals surface area contributed by atoms with Crippen LogP contribution in [0.3, 0.4) is 0 Å². The van der Waals surface area contributed by atoms with Crippen molar-refractivity contribution in [3.05, 3.63) is 30.9 Å². The van der Waals surface area contributed by atoms with Crippen LogP contribution in [0, 0.1) is 5.92 Å². The monoisotopic (exact) mass is 384 g/mol. The Morgan fingerprint density at radius 2 is 1.93 bits per heavy atom. The predicted octanol–water partition coefficient (Wildman–Crippen LogP) is 2.70. The first kappa shape index (κ1) is 21.5. The molecule has 0 radical (unpaired) electrons. The first-order valence-electron chi connectivity index (χ1n) is 9.45. The van der Waals surface area contributed by atoms with Crippen LogP contribution in [-0.4, -0.2) is 50.4 Å². The Kier molecular flexibility index (Phi) is 8.04. The number of hydrogen-bond donors (Lipinski definition) is 2. The van der Waals surface area contributed by atoms with Crippen LogP contribution in [0.15, 0.2) is 25.0 Å². The summed E-state index contributed by atoms with van der Waals surface area (Å²) in [6.45, 7) is 6.96. The summed E-state index contributed by atoms with van der Waals surface area (Å²) in [7, 11) is 2.03. The van der Waals surface area contributed by atoms with Gasteiger partial charge in [-0.3, -0.25) is 4.40 Å². The molecule has 2 N–H and O–H groups in total. The van der Waals surface area contributed by atoms with Gasteiger partial charge < -0.3 is 15.1 Å². The Bertz CT molecular complexity index is 908. The molecule has 8 heteroatoms. The fourth-order valence-electron chi connectivity index (χ4n) is 3.31. The predicted molar refractivity (Wildman–Crippen MR) is 109 cm³/mol. The number of hydrogen-bond acceptors (Lipinski definition) is 6. The zero-order valence-corrected chi connectivity index (χ0v) is 16.5. The van der Waals surface area contributed by atoms with Crippen LogP contribution >= 0.6 is 0 Å². The molecule has 0 aromatic carbocycles. The Morgan fingerprint density at radius 1 is 1.25 bits per heavy atom. The largest absolute Gasteiger partial charge is 0.345 e. The van der Waals surface area contributed by atoms with Gasteiger partial charge in [-0.05, 0) is 44.9 Å². The second-order valence-electron chi connectivity index (χ2n) is 7.04. The second-order valence-corrected chi connectivity index (χ2v) is 7.04. The maximum Gasteiger partial charge on any atom is 0.179 e. The van der Waals surface area contributed by atoms with Crippen molar-refractivity contribution in [3.8, 4) is 0 Å². The Balaban J connectivity index is 0.000000264. The summed E-state index contributed by atoms with van der Waals surface area (Å²) in [6, 6.07) is 2.63. The van der Waals surface area contributed by atoms with Gasteiger partial charge in [0.25, 0.3) is 0 Å². The lowest BCUT2D eigenvalue weighted by atomic mass is 10.1. The third-order valence-electron chi connectivity index (χ3n) is 5.04. The Hall–Kier alpha value is -2.83. The topological polar surface area (TPSA) is 105 Å². The number of carbonyl (C=O) groups excluding carboxylic acids is 2. The molecule has 1 unspecified atom stereocenters. The van der Waals surface area contributed by atoms with Crippen molar-refractivity contribution in [1.82, 2.24) is 29.9 Å². The highest BCUT2D eigenvalue weighted by molar-refractivity contribution is 5.74. The molecule has 3 aromatic heterocycles. The minimum atomic E-state index is 0.480. The standard InChI is InChI=1S/C13H16N6.C4H8.C2H2O.CH2O/c1-14-9-3-2-8(6-9)13-18-17-11-7-16-12-10(19(11)13)4-5-15-12;1-4-2-3-4;1-2-3;1-2/h4-5,7-9,14-15H,2-3,6H2,1H3;4H,2-3H2,1H3;1H2;1H2/t8-,9?;;;/m1.../s1. The molecule has 2 fully saturated rings. The lowest BCUT2D eigenvalue weighted by molar-refractivity contribution is -0.0979. The summed E-state index contributed by atoms with van der Waals surface area (Å²) in [5.74, 6) is 3.88. The number of nitrogens with one attached hydrogen (secondary N) is 2. The maximum atomic E-state index is 8.57. The van der Waals surface area contributed by atoms with Crippen LogP contribution in [-0.2, 0) is 9.59 Å². The van der Waals surface area contributed by atoms with E-state index in [-0.39, 0.29) is 0 Å². The zero-order chi connectivity index (χ0) is 20.5. The lowest BCUT2D eigenvalue weighted by Crippen LogP contribution is -2.21. The quantitative estimate of drug-likeness (QED) is 0.658. The van der Waals surface area contributed by atoms with Gasteiger partial charge in [-0.25, -0.2) is 9.78 Å². The van der Waals surface area contributed by atoms with E-state index in [1.165, 1.54) is 31.6 Å². The minimum Gasteiger partial charge on any atom is -0.345 e. The van der Waals surface area contributed by atoms with E-state index < -0.39 is 0 Å². The number of rotatable bonds is 2. The van der Waals surface area contributed by atoms with Crippen LogP contribution < -0.4 is 5.32 Å². The highest BCUT2D eigenvalue weighted by atomic mass is 16.1. The van der Waals surface area contributed by atoms with Crippen LogP contribution in [0.5, 0.6) is 0 Å². The molecule has 8 nitrogen and oxygen atoms in total. The molecule has 28 heavy (non-hydrogen) atoms. The number of aromatic amines is 1. The molecule has 0 bridgehead atoms. The molecule has 150 valence electrons. The summed E-state index contributed by atoms with van der Waals surface area (Å²) in [4.78, 5) is 24.1. The Labute approximate surface area is 164 Å². The summed E-state index contributed by atoms with van der Waals surface area (Å²) >= 11 is 0. The molecule has 3 heterocycles. The van der Waals surface area contributed by atoms with E-state index in [1.54, 1.807) is 6.20 Å². The van der Waals surface area contributed by atoms with Crippen molar-refractivity contribution in [2.24, 2.45) is 5.92 Å². The van der Waals surface area contributed by atoms with Crippen molar-refractivity contribution >= 4 is 29.5 Å². The molecule has 0 spiro atoms. The van der Waals surface area contributed by atoms with Crippen LogP contribution in [0.4, 0.5) is 0 Å². The molecule has 0 aliphatic heterocycles. The van der Waals surface area contributed by atoms with Gasteiger partial charge in [0, 0.05) is 18.2 Å². The SMILES string of the molecule is C=C=O.C=O.CC1CC1.CNC1CC[C@@H](c2nnc3cnc4[nH]ccc4n23)C1. The van der Waals surface area contributed by atoms with Gasteiger partial charge in [0.2, 0.25) is 0 Å². The number of nitrogens with zero attached hydrogens (tertiary/aromatic N) is 4. The number of carbonyl (C=O) groups is 1. The molecule has 2 aliphatic carbocycles. The fraction of sp³-hybridized carbons (Fsp3) is 0.500. The van der Waals surface area contributed by atoms with Crippen molar-refractivity contribution in [2.45, 2.75) is 51.0 Å². The maximum absolute atomic E-state index is 8.57. The van der Waals surface area contributed by atoms with Crippen LogP contribution in [0.25, 0.3) is 16.8 Å². The summed E-state index contributed by atoms with van der Waals surface area (Å²) in [6.07, 6.45) is 10.2.